The Morgan fingerprint density at radius 2 is 1.29 bits per heavy atom. The number of nitrogens with one attached hydrogen (secondary N) is 4. The van der Waals surface area contributed by atoms with E-state index >= 15 is 0 Å². The van der Waals surface area contributed by atoms with Crippen LogP contribution in [0.5, 0.6) is 0 Å². The first-order chi connectivity index (χ1) is 14.7. The minimum atomic E-state index is -0.453. The summed E-state index contributed by atoms with van der Waals surface area (Å²) in [6.45, 7) is 7.31. The van der Waals surface area contributed by atoms with Gasteiger partial charge in [0.15, 0.2) is 18.4 Å². The molecule has 0 aliphatic carbocycles. The maximum Gasteiger partial charge on any atom is 0.282 e. The van der Waals surface area contributed by atoms with Crippen molar-refractivity contribution >= 4 is 40.6 Å². The van der Waals surface area contributed by atoms with Crippen molar-refractivity contribution < 1.29 is 24.1 Å². The number of rotatable bonds is 9. The number of benzene rings is 2. The van der Waals surface area contributed by atoms with E-state index < -0.39 is 6.04 Å². The number of amides is 3. The number of quaternary nitrogens is 1. The number of Topliss-reactive ketones (excluding diaryl/α,β-unsaturated/α-hetero) is 1. The Kier molecular flexibility index (Phi) is 8.45. The van der Waals surface area contributed by atoms with Crippen LogP contribution in [0.15, 0.2) is 48.5 Å². The zero-order chi connectivity index (χ0) is 23.0. The van der Waals surface area contributed by atoms with Gasteiger partial charge in [0.05, 0.1) is 6.54 Å². The van der Waals surface area contributed by atoms with E-state index in [2.05, 4.69) is 16.0 Å². The predicted octanol–water partition coefficient (Wildman–Crippen LogP) is 1.72. The third-order valence-electron chi connectivity index (χ3n) is 4.90. The van der Waals surface area contributed by atoms with Crippen molar-refractivity contribution in [3.63, 3.8) is 0 Å². The van der Waals surface area contributed by atoms with Gasteiger partial charge in [-0.1, -0.05) is 0 Å². The van der Waals surface area contributed by atoms with E-state index in [0.717, 1.165) is 4.90 Å². The van der Waals surface area contributed by atoms with E-state index in [1.165, 1.54) is 13.8 Å². The van der Waals surface area contributed by atoms with Crippen molar-refractivity contribution in [1.29, 1.82) is 0 Å². The molecule has 1 unspecified atom stereocenters. The third-order valence-corrected chi connectivity index (χ3v) is 4.90. The van der Waals surface area contributed by atoms with Crippen molar-refractivity contribution in [1.82, 2.24) is 0 Å². The van der Waals surface area contributed by atoms with Gasteiger partial charge in [-0.15, -0.1) is 0 Å². The van der Waals surface area contributed by atoms with Gasteiger partial charge in [-0.3, -0.25) is 19.2 Å². The molecule has 2 aromatic rings. The summed E-state index contributed by atoms with van der Waals surface area (Å²) in [5.41, 5.74) is 2.43. The highest BCUT2D eigenvalue weighted by Crippen LogP contribution is 2.13. The van der Waals surface area contributed by atoms with E-state index in [1.807, 2.05) is 6.92 Å². The second-order valence-corrected chi connectivity index (χ2v) is 7.34. The zero-order valence-electron chi connectivity index (χ0n) is 18.2. The number of ketones is 1. The molecule has 0 spiro atoms. The van der Waals surface area contributed by atoms with Crippen LogP contribution >= 0.6 is 0 Å². The summed E-state index contributed by atoms with van der Waals surface area (Å²) < 4.78 is 0. The van der Waals surface area contributed by atoms with Gasteiger partial charge >= 0.3 is 0 Å². The van der Waals surface area contributed by atoms with E-state index in [4.69, 9.17) is 0 Å². The second-order valence-electron chi connectivity index (χ2n) is 7.34. The Morgan fingerprint density at radius 3 is 1.77 bits per heavy atom. The van der Waals surface area contributed by atoms with Crippen molar-refractivity contribution in [3.8, 4) is 0 Å². The van der Waals surface area contributed by atoms with Gasteiger partial charge in [0.25, 0.3) is 11.8 Å². The largest absolute Gasteiger partial charge is 0.326 e. The molecule has 0 heterocycles. The molecule has 0 aliphatic heterocycles. The van der Waals surface area contributed by atoms with E-state index in [9.17, 15) is 19.2 Å². The van der Waals surface area contributed by atoms with Crippen LogP contribution in [-0.2, 0) is 14.4 Å². The van der Waals surface area contributed by atoms with Gasteiger partial charge in [0.1, 0.15) is 0 Å². The first-order valence-electron chi connectivity index (χ1n) is 10.1. The minimum absolute atomic E-state index is 0.0383. The summed E-state index contributed by atoms with van der Waals surface area (Å²) in [6, 6.07) is 13.1. The molecular formula is C23H29N4O4+. The van der Waals surface area contributed by atoms with Gasteiger partial charge in [0.2, 0.25) is 5.91 Å². The maximum atomic E-state index is 12.6. The fourth-order valence-electron chi connectivity index (χ4n) is 3.06. The van der Waals surface area contributed by atoms with Crippen molar-refractivity contribution in [2.45, 2.75) is 33.7 Å². The number of likely N-dealkylation sites (N-methyl/N-ethyl adjacent to an activating group) is 1. The van der Waals surface area contributed by atoms with Crippen molar-refractivity contribution in [2.24, 2.45) is 0 Å². The van der Waals surface area contributed by atoms with Gasteiger partial charge in [-0.25, -0.2) is 0 Å². The van der Waals surface area contributed by atoms with Gasteiger partial charge in [0, 0.05) is 29.5 Å². The van der Waals surface area contributed by atoms with Crippen molar-refractivity contribution in [3.05, 3.63) is 54.1 Å². The van der Waals surface area contributed by atoms with Gasteiger partial charge in [-0.05, 0) is 69.3 Å². The molecular weight excluding hydrogens is 396 g/mol. The lowest BCUT2D eigenvalue weighted by molar-refractivity contribution is -0.904. The van der Waals surface area contributed by atoms with Crippen LogP contribution in [-0.4, -0.2) is 42.6 Å². The molecule has 0 saturated heterocycles. The standard InChI is InChI=1S/C23H28N4O4/c1-5-27(14-22(30)25-20-12-10-19(11-13-20)24-17(4)29)15(2)23(31)26-21-8-6-18(7-9-21)16(3)28/h6-13,15H,5,14H2,1-4H3,(H,24,29)(H,25,30)(H,26,31)/p+1/t15-/m1/s1. The zero-order valence-corrected chi connectivity index (χ0v) is 18.2. The highest BCUT2D eigenvalue weighted by Gasteiger charge is 2.26. The Bertz CT molecular complexity index is 939. The van der Waals surface area contributed by atoms with Crippen LogP contribution in [0.2, 0.25) is 0 Å². The normalized spacial score (nSPS) is 12.4. The van der Waals surface area contributed by atoms with Crippen LogP contribution < -0.4 is 20.9 Å². The highest BCUT2D eigenvalue weighted by atomic mass is 16.2. The smallest absolute Gasteiger partial charge is 0.282 e. The fraction of sp³-hybridized carbons (Fsp3) is 0.304. The molecule has 0 bridgehead atoms. The lowest BCUT2D eigenvalue weighted by atomic mass is 10.1. The summed E-state index contributed by atoms with van der Waals surface area (Å²) in [7, 11) is 0. The van der Waals surface area contributed by atoms with Crippen LogP contribution in [0, 0.1) is 0 Å². The Balaban J connectivity index is 1.92. The molecule has 164 valence electrons. The average Bonchev–Trinajstić information content (AvgIpc) is 2.73. The molecule has 0 aliphatic rings. The van der Waals surface area contributed by atoms with Crippen LogP contribution in [0.4, 0.5) is 17.1 Å². The lowest BCUT2D eigenvalue weighted by Gasteiger charge is -2.23. The molecule has 2 aromatic carbocycles. The number of carbonyl (C=O) groups excluding carboxylic acids is 4. The van der Waals surface area contributed by atoms with Crippen LogP contribution in [0.1, 0.15) is 38.1 Å². The molecule has 31 heavy (non-hydrogen) atoms. The maximum absolute atomic E-state index is 12.6. The van der Waals surface area contributed by atoms with E-state index in [-0.39, 0.29) is 30.0 Å². The molecule has 4 N–H and O–H groups in total. The summed E-state index contributed by atoms with van der Waals surface area (Å²) >= 11 is 0. The summed E-state index contributed by atoms with van der Waals surface area (Å²) in [4.78, 5) is 48.3. The SMILES string of the molecule is CC[NH+](CC(=O)Nc1ccc(NC(C)=O)cc1)[C@H](C)C(=O)Nc1ccc(C(C)=O)cc1. The average molecular weight is 426 g/mol. The second kappa shape index (κ2) is 11.0. The van der Waals surface area contributed by atoms with Crippen molar-refractivity contribution in [2.75, 3.05) is 29.0 Å². The summed E-state index contributed by atoms with van der Waals surface area (Å²) in [6.07, 6.45) is 0. The number of hydrogen-bond donors (Lipinski definition) is 4. The van der Waals surface area contributed by atoms with E-state index in [0.29, 0.717) is 29.2 Å². The fourth-order valence-corrected chi connectivity index (χ4v) is 3.06. The molecule has 8 nitrogen and oxygen atoms in total. The van der Waals surface area contributed by atoms with Crippen LogP contribution in [0.25, 0.3) is 0 Å². The van der Waals surface area contributed by atoms with Gasteiger partial charge < -0.3 is 20.9 Å². The Morgan fingerprint density at radius 1 is 0.806 bits per heavy atom. The molecule has 2 atom stereocenters. The topological polar surface area (TPSA) is 109 Å². The number of anilines is 3. The van der Waals surface area contributed by atoms with E-state index in [1.54, 1.807) is 55.5 Å². The summed E-state index contributed by atoms with van der Waals surface area (Å²) in [5.74, 6) is -0.626. The molecule has 0 fully saturated rings. The molecule has 0 saturated carbocycles. The van der Waals surface area contributed by atoms with Gasteiger partial charge in [-0.2, -0.15) is 0 Å². The lowest BCUT2D eigenvalue weighted by Crippen LogP contribution is -3.17. The monoisotopic (exact) mass is 425 g/mol. The first kappa shape index (κ1) is 23.8. The third kappa shape index (κ3) is 7.35. The number of hydrogen-bond acceptors (Lipinski definition) is 4. The molecule has 3 amide bonds. The molecule has 2 rings (SSSR count). The molecule has 0 aromatic heterocycles. The highest BCUT2D eigenvalue weighted by molar-refractivity contribution is 5.97. The number of carbonyl (C=O) groups is 4. The molecule has 8 heteroatoms. The quantitative estimate of drug-likeness (QED) is 0.459. The minimum Gasteiger partial charge on any atom is -0.326 e. The first-order valence-corrected chi connectivity index (χ1v) is 10.1. The van der Waals surface area contributed by atoms with Crippen LogP contribution in [0.3, 0.4) is 0 Å². The Hall–Kier alpha value is -3.52. The predicted molar refractivity (Wildman–Crippen MR) is 120 cm³/mol. The summed E-state index contributed by atoms with van der Waals surface area (Å²) in [5, 5.41) is 8.31. The molecule has 0 radical (unpaired) electrons. The Labute approximate surface area is 182 Å².